The van der Waals surface area contributed by atoms with Gasteiger partial charge in [0, 0.05) is 29.1 Å². The summed E-state index contributed by atoms with van der Waals surface area (Å²) in [5, 5.41) is 4.92. The lowest BCUT2D eigenvalue weighted by Crippen LogP contribution is -2.21. The van der Waals surface area contributed by atoms with Crippen LogP contribution in [0.25, 0.3) is 11.1 Å². The molecule has 0 bridgehead atoms. The molecule has 0 saturated heterocycles. The standard InChI is InChI=1S/C14H18N4O2S/c1-14(2,3)13-16-8-11(9-17-13)10-4-6-12(7-5-10)18-21(15,19)20/h4-9,18H,1-3H3,(H2,15,19,20). The molecular formula is C14H18N4O2S. The van der Waals surface area contributed by atoms with Gasteiger partial charge in [-0.1, -0.05) is 32.9 Å². The second-order valence-electron chi connectivity index (χ2n) is 5.77. The van der Waals surface area contributed by atoms with Crippen LogP contribution in [-0.4, -0.2) is 18.4 Å². The summed E-state index contributed by atoms with van der Waals surface area (Å²) in [4.78, 5) is 8.73. The third-order valence-electron chi connectivity index (χ3n) is 2.80. The van der Waals surface area contributed by atoms with E-state index in [-0.39, 0.29) is 5.41 Å². The zero-order valence-corrected chi connectivity index (χ0v) is 13.0. The molecule has 2 aromatic rings. The van der Waals surface area contributed by atoms with Gasteiger partial charge in [0.2, 0.25) is 0 Å². The average Bonchev–Trinajstić information content (AvgIpc) is 2.37. The Bertz CT molecular complexity index is 717. The first-order valence-corrected chi connectivity index (χ1v) is 7.93. The molecule has 1 aromatic heterocycles. The van der Waals surface area contributed by atoms with Crippen LogP contribution in [0.5, 0.6) is 0 Å². The highest BCUT2D eigenvalue weighted by atomic mass is 32.2. The minimum Gasteiger partial charge on any atom is -0.271 e. The molecule has 0 radical (unpaired) electrons. The van der Waals surface area contributed by atoms with Gasteiger partial charge in [0.15, 0.2) is 0 Å². The largest absolute Gasteiger partial charge is 0.296 e. The van der Waals surface area contributed by atoms with Gasteiger partial charge in [-0.2, -0.15) is 8.42 Å². The molecule has 0 spiro atoms. The van der Waals surface area contributed by atoms with Gasteiger partial charge in [-0.05, 0) is 17.7 Å². The van der Waals surface area contributed by atoms with Crippen molar-refractivity contribution in [2.24, 2.45) is 5.14 Å². The summed E-state index contributed by atoms with van der Waals surface area (Å²) >= 11 is 0. The number of nitrogens with zero attached hydrogens (tertiary/aromatic N) is 2. The van der Waals surface area contributed by atoms with Gasteiger partial charge in [-0.3, -0.25) is 4.72 Å². The Morgan fingerprint density at radius 3 is 1.95 bits per heavy atom. The number of benzene rings is 1. The van der Waals surface area contributed by atoms with Gasteiger partial charge in [0.25, 0.3) is 10.2 Å². The molecular weight excluding hydrogens is 288 g/mol. The quantitative estimate of drug-likeness (QED) is 0.906. The number of anilines is 1. The third-order valence-corrected chi connectivity index (χ3v) is 3.32. The molecule has 112 valence electrons. The van der Waals surface area contributed by atoms with Crippen molar-refractivity contribution in [2.45, 2.75) is 26.2 Å². The lowest BCUT2D eigenvalue weighted by atomic mass is 9.95. The van der Waals surface area contributed by atoms with Crippen molar-refractivity contribution in [3.8, 4) is 11.1 Å². The Morgan fingerprint density at radius 1 is 1.00 bits per heavy atom. The van der Waals surface area contributed by atoms with Crippen molar-refractivity contribution in [1.82, 2.24) is 9.97 Å². The SMILES string of the molecule is CC(C)(C)c1ncc(-c2ccc(NS(N)(=O)=O)cc2)cn1. The highest BCUT2D eigenvalue weighted by molar-refractivity contribution is 7.90. The van der Waals surface area contributed by atoms with Crippen LogP contribution < -0.4 is 9.86 Å². The number of nitrogens with two attached hydrogens (primary N) is 1. The van der Waals surface area contributed by atoms with E-state index in [1.807, 2.05) is 0 Å². The van der Waals surface area contributed by atoms with Crippen LogP contribution in [0.1, 0.15) is 26.6 Å². The minimum atomic E-state index is -3.75. The molecule has 0 saturated carbocycles. The Morgan fingerprint density at radius 2 is 1.52 bits per heavy atom. The van der Waals surface area contributed by atoms with Crippen molar-refractivity contribution in [1.29, 1.82) is 0 Å². The lowest BCUT2D eigenvalue weighted by molar-refractivity contribution is 0.545. The van der Waals surface area contributed by atoms with Gasteiger partial charge in [-0.25, -0.2) is 15.1 Å². The van der Waals surface area contributed by atoms with Crippen LogP contribution in [0.4, 0.5) is 5.69 Å². The molecule has 7 heteroatoms. The molecule has 6 nitrogen and oxygen atoms in total. The van der Waals surface area contributed by atoms with Gasteiger partial charge in [-0.15, -0.1) is 0 Å². The Balaban J connectivity index is 2.23. The van der Waals surface area contributed by atoms with Gasteiger partial charge >= 0.3 is 0 Å². The van der Waals surface area contributed by atoms with E-state index in [1.165, 1.54) is 0 Å². The number of hydrogen-bond donors (Lipinski definition) is 2. The maximum absolute atomic E-state index is 10.9. The summed E-state index contributed by atoms with van der Waals surface area (Å²) in [6, 6.07) is 6.83. The summed E-state index contributed by atoms with van der Waals surface area (Å²) in [6.45, 7) is 6.15. The molecule has 0 aliphatic carbocycles. The summed E-state index contributed by atoms with van der Waals surface area (Å²) in [5.41, 5.74) is 2.08. The van der Waals surface area contributed by atoms with E-state index in [9.17, 15) is 8.42 Å². The summed E-state index contributed by atoms with van der Waals surface area (Å²) in [5.74, 6) is 0.777. The van der Waals surface area contributed by atoms with Crippen LogP contribution in [0.15, 0.2) is 36.7 Å². The second kappa shape index (κ2) is 5.42. The fourth-order valence-electron chi connectivity index (χ4n) is 1.76. The second-order valence-corrected chi connectivity index (χ2v) is 7.06. The van der Waals surface area contributed by atoms with E-state index in [0.29, 0.717) is 5.69 Å². The number of rotatable bonds is 3. The van der Waals surface area contributed by atoms with Crippen molar-refractivity contribution < 1.29 is 8.42 Å². The van der Waals surface area contributed by atoms with Crippen LogP contribution in [0, 0.1) is 0 Å². The van der Waals surface area contributed by atoms with E-state index in [1.54, 1.807) is 36.7 Å². The van der Waals surface area contributed by atoms with E-state index in [4.69, 9.17) is 5.14 Å². The number of hydrogen-bond acceptors (Lipinski definition) is 4. The van der Waals surface area contributed by atoms with Gasteiger partial charge in [0.1, 0.15) is 5.82 Å². The molecule has 0 atom stereocenters. The van der Waals surface area contributed by atoms with Crippen LogP contribution in [0.2, 0.25) is 0 Å². The van der Waals surface area contributed by atoms with Crippen molar-refractivity contribution in [3.05, 3.63) is 42.5 Å². The van der Waals surface area contributed by atoms with Crippen molar-refractivity contribution >= 4 is 15.9 Å². The van der Waals surface area contributed by atoms with Crippen LogP contribution in [0.3, 0.4) is 0 Å². The average molecular weight is 306 g/mol. The maximum atomic E-state index is 10.9. The highest BCUT2D eigenvalue weighted by Gasteiger charge is 2.16. The topological polar surface area (TPSA) is 98.0 Å². The molecule has 0 fully saturated rings. The molecule has 0 aliphatic rings. The predicted octanol–water partition coefficient (Wildman–Crippen LogP) is 2.06. The summed E-state index contributed by atoms with van der Waals surface area (Å²) in [7, 11) is -3.75. The minimum absolute atomic E-state index is 0.0954. The summed E-state index contributed by atoms with van der Waals surface area (Å²) < 4.78 is 24.1. The zero-order chi connectivity index (χ0) is 15.7. The molecule has 0 amide bonds. The molecule has 2 rings (SSSR count). The fraction of sp³-hybridized carbons (Fsp3) is 0.286. The summed E-state index contributed by atoms with van der Waals surface area (Å²) in [6.07, 6.45) is 3.52. The van der Waals surface area contributed by atoms with E-state index in [0.717, 1.165) is 17.0 Å². The molecule has 3 N–H and O–H groups in total. The zero-order valence-electron chi connectivity index (χ0n) is 12.2. The first-order chi connectivity index (χ1) is 9.65. The first kappa shape index (κ1) is 15.4. The maximum Gasteiger partial charge on any atom is 0.296 e. The predicted molar refractivity (Wildman–Crippen MR) is 82.9 cm³/mol. The van der Waals surface area contributed by atoms with Crippen LogP contribution in [-0.2, 0) is 15.6 Å². The molecule has 0 aliphatic heterocycles. The van der Waals surface area contributed by atoms with Crippen molar-refractivity contribution in [3.63, 3.8) is 0 Å². The van der Waals surface area contributed by atoms with Crippen LogP contribution >= 0.6 is 0 Å². The molecule has 21 heavy (non-hydrogen) atoms. The first-order valence-electron chi connectivity index (χ1n) is 6.39. The molecule has 1 heterocycles. The normalized spacial score (nSPS) is 12.2. The Kier molecular flexibility index (Phi) is 3.97. The van der Waals surface area contributed by atoms with E-state index >= 15 is 0 Å². The van der Waals surface area contributed by atoms with Crippen molar-refractivity contribution in [2.75, 3.05) is 4.72 Å². The van der Waals surface area contributed by atoms with Gasteiger partial charge in [0.05, 0.1) is 0 Å². The molecule has 0 unspecified atom stereocenters. The number of nitrogens with one attached hydrogen (secondary N) is 1. The third kappa shape index (κ3) is 4.24. The highest BCUT2D eigenvalue weighted by Crippen LogP contribution is 2.23. The monoisotopic (exact) mass is 306 g/mol. The smallest absolute Gasteiger partial charge is 0.271 e. The van der Waals surface area contributed by atoms with E-state index < -0.39 is 10.2 Å². The van der Waals surface area contributed by atoms with Gasteiger partial charge < -0.3 is 0 Å². The Hall–Kier alpha value is -1.99. The lowest BCUT2D eigenvalue weighted by Gasteiger charge is -2.16. The molecule has 1 aromatic carbocycles. The van der Waals surface area contributed by atoms with E-state index in [2.05, 4.69) is 35.5 Å². The Labute approximate surface area is 124 Å². The number of aromatic nitrogens is 2. The fourth-order valence-corrected chi connectivity index (χ4v) is 2.22.